The molecule has 0 aliphatic carbocycles. The fourth-order valence-electron chi connectivity index (χ4n) is 4.63. The van der Waals surface area contributed by atoms with Crippen molar-refractivity contribution in [3.8, 4) is 0 Å². The first-order valence-electron chi connectivity index (χ1n) is 12.2. The zero-order chi connectivity index (χ0) is 27.3. The van der Waals surface area contributed by atoms with Crippen LogP contribution in [0.5, 0.6) is 0 Å². The van der Waals surface area contributed by atoms with E-state index in [1.165, 1.54) is 0 Å². The van der Waals surface area contributed by atoms with E-state index in [0.29, 0.717) is 11.4 Å². The van der Waals surface area contributed by atoms with E-state index >= 15 is 0 Å². The maximum Gasteiger partial charge on any atom is 0.272 e. The molecule has 194 valence electrons. The molecule has 2 heterocycles. The van der Waals surface area contributed by atoms with Crippen LogP contribution in [0.25, 0.3) is 0 Å². The van der Waals surface area contributed by atoms with Gasteiger partial charge in [-0.05, 0) is 88.1 Å². The van der Waals surface area contributed by atoms with Crippen LogP contribution in [0, 0.1) is 27.7 Å². The third-order valence-electron chi connectivity index (χ3n) is 6.89. The highest BCUT2D eigenvalue weighted by molar-refractivity contribution is 6.05. The van der Waals surface area contributed by atoms with Crippen LogP contribution in [-0.4, -0.2) is 34.0 Å². The molecular formula is C30H36N4O3. The molecule has 7 heteroatoms. The summed E-state index contributed by atoms with van der Waals surface area (Å²) in [6.07, 6.45) is 0. The molecule has 0 aliphatic heterocycles. The summed E-state index contributed by atoms with van der Waals surface area (Å²) in [5, 5.41) is 12.9. The number of aromatic nitrogens is 2. The molecule has 4 rings (SSSR count). The number of aliphatic hydroxyl groups is 1. The van der Waals surface area contributed by atoms with E-state index in [9.17, 15) is 9.59 Å². The van der Waals surface area contributed by atoms with E-state index in [2.05, 4.69) is 34.4 Å². The Kier molecular flexibility index (Phi) is 8.40. The van der Waals surface area contributed by atoms with Gasteiger partial charge in [0.1, 0.15) is 11.4 Å². The Bertz CT molecular complexity index is 1280. The minimum Gasteiger partial charge on any atom is -0.400 e. The molecule has 4 aromatic rings. The van der Waals surface area contributed by atoms with Gasteiger partial charge in [0.2, 0.25) is 0 Å². The highest BCUT2D eigenvalue weighted by Crippen LogP contribution is 2.38. The number of anilines is 2. The fourth-order valence-corrected chi connectivity index (χ4v) is 4.63. The van der Waals surface area contributed by atoms with Gasteiger partial charge in [0.05, 0.1) is 0 Å². The Morgan fingerprint density at radius 1 is 0.622 bits per heavy atom. The molecule has 0 bridgehead atoms. The topological polar surface area (TPSA) is 110 Å². The molecule has 0 unspecified atom stereocenters. The van der Waals surface area contributed by atoms with Gasteiger partial charge in [-0.3, -0.25) is 9.59 Å². The summed E-state index contributed by atoms with van der Waals surface area (Å²) in [4.78, 5) is 32.9. The van der Waals surface area contributed by atoms with Crippen molar-refractivity contribution in [1.82, 2.24) is 9.97 Å². The first kappa shape index (κ1) is 27.5. The monoisotopic (exact) mass is 500 g/mol. The number of rotatable bonds is 6. The number of aromatic amines is 2. The van der Waals surface area contributed by atoms with Crippen molar-refractivity contribution in [2.45, 2.75) is 47.0 Å². The predicted molar refractivity (Wildman–Crippen MR) is 150 cm³/mol. The Labute approximate surface area is 218 Å². The van der Waals surface area contributed by atoms with Gasteiger partial charge in [-0.25, -0.2) is 0 Å². The van der Waals surface area contributed by atoms with Crippen molar-refractivity contribution < 1.29 is 14.7 Å². The summed E-state index contributed by atoms with van der Waals surface area (Å²) < 4.78 is 0. The van der Waals surface area contributed by atoms with Gasteiger partial charge in [-0.1, -0.05) is 36.4 Å². The minimum atomic E-state index is -0.500. The maximum absolute atomic E-state index is 13.0. The second kappa shape index (κ2) is 11.3. The highest BCUT2D eigenvalue weighted by Gasteiger charge is 2.34. The fraction of sp³-hybridized carbons (Fsp3) is 0.267. The number of hydrogen-bond acceptors (Lipinski definition) is 3. The number of amides is 2. The number of para-hydroxylation sites is 2. The van der Waals surface area contributed by atoms with Crippen LogP contribution in [0.4, 0.5) is 11.4 Å². The summed E-state index contributed by atoms with van der Waals surface area (Å²) in [5.74, 6) is -0.359. The molecule has 2 aromatic heterocycles. The molecular weight excluding hydrogens is 464 g/mol. The number of carbonyl (C=O) groups excluding carboxylic acids is 2. The van der Waals surface area contributed by atoms with Gasteiger partial charge in [0, 0.05) is 35.3 Å². The zero-order valence-corrected chi connectivity index (χ0v) is 22.5. The van der Waals surface area contributed by atoms with Gasteiger partial charge in [-0.15, -0.1) is 0 Å². The maximum atomic E-state index is 13.0. The van der Waals surface area contributed by atoms with E-state index in [-0.39, 0.29) is 11.8 Å². The lowest BCUT2D eigenvalue weighted by Crippen LogP contribution is -2.23. The van der Waals surface area contributed by atoms with Gasteiger partial charge in [0.25, 0.3) is 11.8 Å². The second-order valence-corrected chi connectivity index (χ2v) is 9.52. The van der Waals surface area contributed by atoms with Crippen LogP contribution >= 0.6 is 0 Å². The van der Waals surface area contributed by atoms with E-state index in [1.54, 1.807) is 0 Å². The van der Waals surface area contributed by atoms with Crippen molar-refractivity contribution in [1.29, 1.82) is 0 Å². The van der Waals surface area contributed by atoms with Crippen molar-refractivity contribution in [2.24, 2.45) is 0 Å². The average Bonchev–Trinajstić information content (AvgIpc) is 3.38. The Balaban J connectivity index is 0.00000186. The van der Waals surface area contributed by atoms with Crippen LogP contribution in [0.2, 0.25) is 0 Å². The Morgan fingerprint density at radius 2 is 0.946 bits per heavy atom. The minimum absolute atomic E-state index is 0.179. The first-order valence-corrected chi connectivity index (χ1v) is 12.2. The summed E-state index contributed by atoms with van der Waals surface area (Å²) in [6, 6.07) is 18.8. The van der Waals surface area contributed by atoms with E-state index < -0.39 is 5.41 Å². The van der Waals surface area contributed by atoms with Gasteiger partial charge in [-0.2, -0.15) is 0 Å². The third-order valence-corrected chi connectivity index (χ3v) is 6.89. The van der Waals surface area contributed by atoms with Crippen LogP contribution in [0.15, 0.2) is 60.7 Å². The van der Waals surface area contributed by atoms with Crippen LogP contribution in [0.1, 0.15) is 68.5 Å². The number of nitrogens with one attached hydrogen (secondary N) is 4. The van der Waals surface area contributed by atoms with Crippen molar-refractivity contribution in [2.75, 3.05) is 17.7 Å². The van der Waals surface area contributed by atoms with Crippen LogP contribution in [-0.2, 0) is 5.41 Å². The van der Waals surface area contributed by atoms with Gasteiger partial charge in [0.15, 0.2) is 0 Å². The molecule has 0 atom stereocenters. The quantitative estimate of drug-likeness (QED) is 0.223. The molecule has 0 saturated heterocycles. The summed E-state index contributed by atoms with van der Waals surface area (Å²) in [7, 11) is 1.00. The van der Waals surface area contributed by atoms with Crippen LogP contribution < -0.4 is 10.6 Å². The largest absolute Gasteiger partial charge is 0.400 e. The number of H-pyrrole nitrogens is 2. The smallest absolute Gasteiger partial charge is 0.272 e. The van der Waals surface area contributed by atoms with Crippen molar-refractivity contribution in [3.05, 3.63) is 106 Å². The molecule has 5 N–H and O–H groups in total. The molecule has 7 nitrogen and oxygen atoms in total. The number of carbonyl (C=O) groups is 2. The summed E-state index contributed by atoms with van der Waals surface area (Å²) in [6.45, 7) is 12.2. The third kappa shape index (κ3) is 5.52. The molecule has 0 saturated carbocycles. The van der Waals surface area contributed by atoms with Crippen molar-refractivity contribution >= 4 is 23.2 Å². The van der Waals surface area contributed by atoms with E-state index in [1.807, 2.05) is 88.4 Å². The van der Waals surface area contributed by atoms with Gasteiger partial charge >= 0.3 is 0 Å². The molecule has 2 amide bonds. The van der Waals surface area contributed by atoms with Crippen molar-refractivity contribution in [3.63, 3.8) is 0 Å². The van der Waals surface area contributed by atoms with E-state index in [4.69, 9.17) is 5.11 Å². The van der Waals surface area contributed by atoms with Gasteiger partial charge < -0.3 is 25.7 Å². The standard InChI is InChI=1S/C29H32N4O2.CH4O/c1-17-19(3)25(32-23(17)27(34)30-21-13-9-7-10-14-21)29(5,6)26-20(4)18(2)24(33-26)28(35)31-22-15-11-8-12-16-22;1-2/h7-16,32-33H,1-6H3,(H,30,34)(H,31,35);2H,1H3. The molecule has 0 radical (unpaired) electrons. The molecule has 2 aromatic carbocycles. The first-order chi connectivity index (χ1) is 17.6. The molecule has 37 heavy (non-hydrogen) atoms. The lowest BCUT2D eigenvalue weighted by molar-refractivity contribution is 0.101. The molecule has 0 spiro atoms. The number of benzene rings is 2. The summed E-state index contributed by atoms with van der Waals surface area (Å²) >= 11 is 0. The normalized spacial score (nSPS) is 10.9. The van der Waals surface area contributed by atoms with Crippen LogP contribution in [0.3, 0.4) is 0 Å². The summed E-state index contributed by atoms with van der Waals surface area (Å²) in [5.41, 5.74) is 7.80. The molecule has 0 fully saturated rings. The highest BCUT2D eigenvalue weighted by atomic mass is 16.2. The second-order valence-electron chi connectivity index (χ2n) is 9.52. The number of aliphatic hydroxyl groups excluding tert-OH is 1. The lowest BCUT2D eigenvalue weighted by atomic mass is 9.81. The molecule has 0 aliphatic rings. The average molecular weight is 501 g/mol. The lowest BCUT2D eigenvalue weighted by Gasteiger charge is -2.25. The zero-order valence-electron chi connectivity index (χ0n) is 22.5. The van der Waals surface area contributed by atoms with E-state index in [0.717, 1.165) is 52.1 Å². The number of hydrogen-bond donors (Lipinski definition) is 5. The Morgan fingerprint density at radius 3 is 1.27 bits per heavy atom. The predicted octanol–water partition coefficient (Wildman–Crippen LogP) is 6.02. The SMILES string of the molecule is CO.Cc1c(C(=O)Nc2ccccc2)[nH]c(C(C)(C)c2[nH]c(C(=O)Nc3ccccc3)c(C)c2C)c1C. The Hall–Kier alpha value is -4.10.